The second-order valence-electron chi connectivity index (χ2n) is 6.03. The van der Waals surface area contributed by atoms with E-state index < -0.39 is 5.54 Å². The van der Waals surface area contributed by atoms with Crippen molar-refractivity contribution < 1.29 is 4.79 Å². The van der Waals surface area contributed by atoms with Gasteiger partial charge in [0.2, 0.25) is 5.91 Å². The van der Waals surface area contributed by atoms with Crippen molar-refractivity contribution in [2.24, 2.45) is 17.6 Å². The third-order valence-corrected chi connectivity index (χ3v) is 4.65. The Morgan fingerprint density at radius 3 is 2.50 bits per heavy atom. The topological polar surface area (TPSA) is 55.1 Å². The lowest BCUT2D eigenvalue weighted by Gasteiger charge is -2.21. The molecule has 0 heterocycles. The van der Waals surface area contributed by atoms with Gasteiger partial charge in [-0.2, -0.15) is 0 Å². The lowest BCUT2D eigenvalue weighted by molar-refractivity contribution is -0.123. The summed E-state index contributed by atoms with van der Waals surface area (Å²) in [5, 5.41) is 3.14. The predicted molar refractivity (Wildman–Crippen MR) is 62.8 cm³/mol. The van der Waals surface area contributed by atoms with E-state index in [-0.39, 0.29) is 5.91 Å². The van der Waals surface area contributed by atoms with Gasteiger partial charge in [-0.1, -0.05) is 32.1 Å². The maximum absolute atomic E-state index is 11.8. The highest BCUT2D eigenvalue weighted by Crippen LogP contribution is 2.45. The van der Waals surface area contributed by atoms with Crippen LogP contribution in [0.4, 0.5) is 0 Å². The molecule has 1 amide bonds. The maximum Gasteiger partial charge on any atom is 0.240 e. The summed E-state index contributed by atoms with van der Waals surface area (Å²) < 4.78 is 0. The van der Waals surface area contributed by atoms with Crippen LogP contribution in [0.25, 0.3) is 0 Å². The number of hydrogen-bond acceptors (Lipinski definition) is 2. The molecule has 16 heavy (non-hydrogen) atoms. The van der Waals surface area contributed by atoms with E-state index in [0.29, 0.717) is 6.04 Å². The minimum absolute atomic E-state index is 0.107. The van der Waals surface area contributed by atoms with Gasteiger partial charge in [-0.15, -0.1) is 0 Å². The zero-order valence-corrected chi connectivity index (χ0v) is 9.87. The zero-order valence-electron chi connectivity index (χ0n) is 9.87. The average molecular weight is 222 g/mol. The first kappa shape index (κ1) is 10.6. The predicted octanol–water partition coefficient (Wildman–Crippen LogP) is 1.56. The van der Waals surface area contributed by atoms with Crippen LogP contribution >= 0.6 is 0 Å². The van der Waals surface area contributed by atoms with Crippen molar-refractivity contribution >= 4 is 5.91 Å². The van der Waals surface area contributed by atoms with Gasteiger partial charge in [0.15, 0.2) is 0 Å². The molecule has 0 spiro atoms. The van der Waals surface area contributed by atoms with Crippen molar-refractivity contribution in [3.8, 4) is 0 Å². The normalized spacial score (nSPS) is 36.8. The van der Waals surface area contributed by atoms with Gasteiger partial charge in [-0.05, 0) is 31.1 Å². The van der Waals surface area contributed by atoms with Gasteiger partial charge in [0.05, 0.1) is 5.54 Å². The summed E-state index contributed by atoms with van der Waals surface area (Å²) >= 11 is 0. The zero-order chi connectivity index (χ0) is 11.2. The Kier molecular flexibility index (Phi) is 2.46. The van der Waals surface area contributed by atoms with E-state index in [1.54, 1.807) is 0 Å². The number of nitrogens with one attached hydrogen (secondary N) is 1. The van der Waals surface area contributed by atoms with Crippen LogP contribution in [0.15, 0.2) is 0 Å². The van der Waals surface area contributed by atoms with E-state index in [2.05, 4.69) is 5.32 Å². The summed E-state index contributed by atoms with van der Waals surface area (Å²) in [4.78, 5) is 11.8. The van der Waals surface area contributed by atoms with Crippen LogP contribution in [0.2, 0.25) is 0 Å². The van der Waals surface area contributed by atoms with Gasteiger partial charge in [-0.25, -0.2) is 0 Å². The van der Waals surface area contributed by atoms with Crippen molar-refractivity contribution in [2.45, 2.75) is 62.9 Å². The standard InChI is InChI=1S/C13H22N2O/c14-13(6-7-13)12(16)15-11-8-10(11)9-4-2-1-3-5-9/h9-11H,1-8,14H2,(H,15,16). The van der Waals surface area contributed by atoms with Crippen LogP contribution in [0, 0.1) is 11.8 Å². The summed E-state index contributed by atoms with van der Waals surface area (Å²) in [6.07, 6.45) is 9.90. The molecule has 0 aromatic carbocycles. The molecule has 90 valence electrons. The molecule has 3 N–H and O–H groups in total. The third kappa shape index (κ3) is 1.97. The highest BCUT2D eigenvalue weighted by molar-refractivity contribution is 5.89. The van der Waals surface area contributed by atoms with Crippen molar-refractivity contribution in [2.75, 3.05) is 0 Å². The summed E-state index contributed by atoms with van der Waals surface area (Å²) in [5.41, 5.74) is 5.39. The molecule has 3 heteroatoms. The molecule has 2 unspecified atom stereocenters. The molecule has 3 saturated carbocycles. The van der Waals surface area contributed by atoms with Crippen LogP contribution in [0.1, 0.15) is 51.4 Å². The monoisotopic (exact) mass is 222 g/mol. The fraction of sp³-hybridized carbons (Fsp3) is 0.923. The van der Waals surface area contributed by atoms with Crippen molar-refractivity contribution in [1.29, 1.82) is 0 Å². The first-order valence-corrected chi connectivity index (χ1v) is 6.79. The lowest BCUT2D eigenvalue weighted by atomic mass is 9.85. The molecule has 3 fully saturated rings. The van der Waals surface area contributed by atoms with Gasteiger partial charge >= 0.3 is 0 Å². The van der Waals surface area contributed by atoms with Crippen LogP contribution in [0.3, 0.4) is 0 Å². The Morgan fingerprint density at radius 1 is 1.19 bits per heavy atom. The fourth-order valence-corrected chi connectivity index (χ4v) is 3.14. The highest BCUT2D eigenvalue weighted by atomic mass is 16.2. The fourth-order valence-electron chi connectivity index (χ4n) is 3.14. The number of amides is 1. The Balaban J connectivity index is 1.46. The molecule has 0 radical (unpaired) electrons. The van der Waals surface area contributed by atoms with E-state index >= 15 is 0 Å². The highest BCUT2D eigenvalue weighted by Gasteiger charge is 2.50. The summed E-state index contributed by atoms with van der Waals surface area (Å²) in [5.74, 6) is 1.76. The molecule has 0 saturated heterocycles. The lowest BCUT2D eigenvalue weighted by Crippen LogP contribution is -2.44. The SMILES string of the molecule is NC1(C(=O)NC2CC2C2CCCCC2)CC1. The van der Waals surface area contributed by atoms with E-state index in [4.69, 9.17) is 5.73 Å². The van der Waals surface area contributed by atoms with Gasteiger partial charge in [0, 0.05) is 6.04 Å². The second-order valence-corrected chi connectivity index (χ2v) is 6.03. The molecular formula is C13H22N2O. The number of hydrogen-bond donors (Lipinski definition) is 2. The van der Waals surface area contributed by atoms with Gasteiger partial charge in [-0.3, -0.25) is 4.79 Å². The summed E-state index contributed by atoms with van der Waals surface area (Å²) in [6, 6.07) is 0.455. The Morgan fingerprint density at radius 2 is 1.88 bits per heavy atom. The van der Waals surface area contributed by atoms with Crippen molar-refractivity contribution in [1.82, 2.24) is 5.32 Å². The molecule has 0 aromatic heterocycles. The maximum atomic E-state index is 11.8. The van der Waals surface area contributed by atoms with Crippen LogP contribution < -0.4 is 11.1 Å². The molecular weight excluding hydrogens is 200 g/mol. The van der Waals surface area contributed by atoms with E-state index in [9.17, 15) is 4.79 Å². The van der Waals surface area contributed by atoms with Gasteiger partial charge in [0.25, 0.3) is 0 Å². The Bertz CT molecular complexity index is 292. The van der Waals surface area contributed by atoms with E-state index in [1.807, 2.05) is 0 Å². The largest absolute Gasteiger partial charge is 0.351 e. The average Bonchev–Trinajstić information content (AvgIpc) is 3.18. The quantitative estimate of drug-likeness (QED) is 0.761. The molecule has 3 nitrogen and oxygen atoms in total. The Labute approximate surface area is 97.2 Å². The third-order valence-electron chi connectivity index (χ3n) is 4.65. The van der Waals surface area contributed by atoms with Crippen LogP contribution in [0.5, 0.6) is 0 Å². The molecule has 0 bridgehead atoms. The molecule has 3 rings (SSSR count). The molecule has 0 aromatic rings. The number of carbonyl (C=O) groups excluding carboxylic acids is 1. The van der Waals surface area contributed by atoms with Crippen LogP contribution in [-0.4, -0.2) is 17.5 Å². The molecule has 3 aliphatic rings. The minimum Gasteiger partial charge on any atom is -0.351 e. The molecule has 3 aliphatic carbocycles. The summed E-state index contributed by atoms with van der Waals surface area (Å²) in [6.45, 7) is 0. The van der Waals surface area contributed by atoms with Gasteiger partial charge < -0.3 is 11.1 Å². The van der Waals surface area contributed by atoms with Gasteiger partial charge in [0.1, 0.15) is 0 Å². The summed E-state index contributed by atoms with van der Waals surface area (Å²) in [7, 11) is 0. The smallest absolute Gasteiger partial charge is 0.240 e. The minimum atomic E-state index is -0.486. The number of nitrogens with two attached hydrogens (primary N) is 1. The number of rotatable bonds is 3. The second kappa shape index (κ2) is 3.73. The first-order chi connectivity index (χ1) is 7.69. The number of carbonyl (C=O) groups is 1. The van der Waals surface area contributed by atoms with Crippen LogP contribution in [-0.2, 0) is 4.79 Å². The Hall–Kier alpha value is -0.570. The van der Waals surface area contributed by atoms with E-state index in [1.165, 1.54) is 38.5 Å². The van der Waals surface area contributed by atoms with Crippen molar-refractivity contribution in [3.05, 3.63) is 0 Å². The van der Waals surface area contributed by atoms with E-state index in [0.717, 1.165) is 24.7 Å². The first-order valence-electron chi connectivity index (χ1n) is 6.79. The van der Waals surface area contributed by atoms with Crippen molar-refractivity contribution in [3.63, 3.8) is 0 Å². The molecule has 2 atom stereocenters. The molecule has 0 aliphatic heterocycles.